The van der Waals surface area contributed by atoms with Gasteiger partial charge in [0, 0.05) is 22.9 Å². The van der Waals surface area contributed by atoms with Gasteiger partial charge < -0.3 is 10.1 Å². The van der Waals surface area contributed by atoms with Crippen LogP contribution in [0, 0.1) is 13.8 Å². The van der Waals surface area contributed by atoms with E-state index in [9.17, 15) is 0 Å². The molecule has 0 spiro atoms. The fourth-order valence-corrected chi connectivity index (χ4v) is 4.65. The summed E-state index contributed by atoms with van der Waals surface area (Å²) in [5.74, 6) is 2.03. The van der Waals surface area contributed by atoms with E-state index in [-0.39, 0.29) is 12.4 Å². The average molecular weight is 443 g/mol. The molecular formula is C25H35ClN4O. The molecule has 0 bridgehead atoms. The second-order valence-corrected chi connectivity index (χ2v) is 8.66. The molecule has 2 heterocycles. The Morgan fingerprint density at radius 1 is 1.19 bits per heavy atom. The lowest BCUT2D eigenvalue weighted by Crippen LogP contribution is -2.19. The third-order valence-electron chi connectivity index (χ3n) is 6.29. The number of ether oxygens (including phenoxy) is 1. The molecule has 1 N–H and O–H groups in total. The minimum Gasteiger partial charge on any atom is -0.497 e. The Hall–Kier alpha value is -2.27. The molecule has 0 aliphatic heterocycles. The standard InChI is InChI=1S/C25H34N4O.ClH/c1-6-7-8-10-17(3)26-24-21-11-9-12-22(21)27-25-23(18(4)28-29(24)25)20-14-13-19(30-5)15-16(20)2;/h13-15,17,26H,6-12H2,1-5H3;1H. The van der Waals surface area contributed by atoms with Gasteiger partial charge in [0.1, 0.15) is 11.6 Å². The Bertz CT molecular complexity index is 1060. The molecular weight excluding hydrogens is 408 g/mol. The number of unbranched alkanes of at least 4 members (excludes halogenated alkanes) is 2. The van der Waals surface area contributed by atoms with Crippen molar-refractivity contribution >= 4 is 23.9 Å². The number of benzene rings is 1. The molecule has 0 radical (unpaired) electrons. The third-order valence-corrected chi connectivity index (χ3v) is 6.29. The van der Waals surface area contributed by atoms with Gasteiger partial charge in [0.2, 0.25) is 0 Å². The molecule has 1 aliphatic rings. The van der Waals surface area contributed by atoms with Crippen molar-refractivity contribution in [2.24, 2.45) is 0 Å². The Labute approximate surface area is 192 Å². The van der Waals surface area contributed by atoms with Crippen molar-refractivity contribution in [2.75, 3.05) is 12.4 Å². The summed E-state index contributed by atoms with van der Waals surface area (Å²) in [5.41, 5.74) is 8.05. The number of aromatic nitrogens is 3. The number of nitrogens with one attached hydrogen (secondary N) is 1. The number of aryl methyl sites for hydroxylation is 3. The van der Waals surface area contributed by atoms with Crippen molar-refractivity contribution in [1.29, 1.82) is 0 Å². The third kappa shape index (κ3) is 4.52. The van der Waals surface area contributed by atoms with Crippen LogP contribution in [0.2, 0.25) is 0 Å². The van der Waals surface area contributed by atoms with E-state index in [2.05, 4.69) is 49.7 Å². The molecule has 2 aromatic heterocycles. The normalized spacial score (nSPS) is 13.7. The van der Waals surface area contributed by atoms with E-state index in [0.717, 1.165) is 41.3 Å². The van der Waals surface area contributed by atoms with E-state index in [4.69, 9.17) is 14.8 Å². The lowest BCUT2D eigenvalue weighted by atomic mass is 10.0. The van der Waals surface area contributed by atoms with Crippen LogP contribution >= 0.6 is 12.4 Å². The molecule has 0 amide bonds. The number of halogens is 1. The summed E-state index contributed by atoms with van der Waals surface area (Å²) in [5, 5.41) is 8.77. The maximum Gasteiger partial charge on any atom is 0.165 e. The molecule has 31 heavy (non-hydrogen) atoms. The zero-order valence-corrected chi connectivity index (χ0v) is 20.2. The summed E-state index contributed by atoms with van der Waals surface area (Å²) >= 11 is 0. The largest absolute Gasteiger partial charge is 0.497 e. The molecule has 0 fully saturated rings. The first-order chi connectivity index (χ1) is 14.5. The fourth-order valence-electron chi connectivity index (χ4n) is 4.65. The summed E-state index contributed by atoms with van der Waals surface area (Å²) in [7, 11) is 1.71. The van der Waals surface area contributed by atoms with Crippen molar-refractivity contribution in [3.05, 3.63) is 40.7 Å². The highest BCUT2D eigenvalue weighted by Crippen LogP contribution is 2.36. The summed E-state index contributed by atoms with van der Waals surface area (Å²) in [4.78, 5) is 5.11. The second-order valence-electron chi connectivity index (χ2n) is 8.66. The first kappa shape index (κ1) is 23.4. The highest BCUT2D eigenvalue weighted by molar-refractivity contribution is 5.85. The molecule has 1 atom stereocenters. The van der Waals surface area contributed by atoms with E-state index >= 15 is 0 Å². The van der Waals surface area contributed by atoms with Gasteiger partial charge in [0.15, 0.2) is 5.65 Å². The second kappa shape index (κ2) is 9.90. The van der Waals surface area contributed by atoms with Crippen LogP contribution in [0.5, 0.6) is 5.75 Å². The molecule has 1 unspecified atom stereocenters. The van der Waals surface area contributed by atoms with Crippen LogP contribution in [0.25, 0.3) is 16.8 Å². The van der Waals surface area contributed by atoms with Crippen molar-refractivity contribution < 1.29 is 4.74 Å². The monoisotopic (exact) mass is 442 g/mol. The van der Waals surface area contributed by atoms with Crippen LogP contribution in [-0.2, 0) is 12.8 Å². The van der Waals surface area contributed by atoms with Gasteiger partial charge in [-0.1, -0.05) is 32.3 Å². The molecule has 4 rings (SSSR count). The highest BCUT2D eigenvalue weighted by Gasteiger charge is 2.25. The predicted octanol–water partition coefficient (Wildman–Crippen LogP) is 6.31. The van der Waals surface area contributed by atoms with Crippen molar-refractivity contribution in [2.45, 2.75) is 78.7 Å². The molecule has 5 nitrogen and oxygen atoms in total. The molecule has 3 aromatic rings. The van der Waals surface area contributed by atoms with E-state index in [0.29, 0.717) is 6.04 Å². The zero-order valence-electron chi connectivity index (χ0n) is 19.4. The number of hydrogen-bond donors (Lipinski definition) is 1. The number of fused-ring (bicyclic) bond motifs is 2. The summed E-state index contributed by atoms with van der Waals surface area (Å²) < 4.78 is 7.47. The molecule has 6 heteroatoms. The van der Waals surface area contributed by atoms with Gasteiger partial charge >= 0.3 is 0 Å². The Balaban J connectivity index is 0.00000272. The molecule has 0 saturated carbocycles. The maximum atomic E-state index is 5.40. The van der Waals surface area contributed by atoms with Crippen LogP contribution in [-0.4, -0.2) is 27.7 Å². The lowest BCUT2D eigenvalue weighted by Gasteiger charge is -2.19. The van der Waals surface area contributed by atoms with E-state index in [1.54, 1.807) is 7.11 Å². The SMILES string of the molecule is CCCCCC(C)Nc1c2c(nc3c(-c4ccc(OC)cc4C)c(C)nn13)CCC2.Cl. The number of rotatable bonds is 8. The van der Waals surface area contributed by atoms with Crippen LogP contribution in [0.1, 0.15) is 68.5 Å². The maximum absolute atomic E-state index is 5.40. The predicted molar refractivity (Wildman–Crippen MR) is 131 cm³/mol. The quantitative estimate of drug-likeness (QED) is 0.415. The van der Waals surface area contributed by atoms with E-state index in [1.165, 1.54) is 54.5 Å². The number of anilines is 1. The topological polar surface area (TPSA) is 51.5 Å². The molecule has 168 valence electrons. The molecule has 0 saturated heterocycles. The number of methoxy groups -OCH3 is 1. The van der Waals surface area contributed by atoms with Gasteiger partial charge in [-0.25, -0.2) is 4.98 Å². The summed E-state index contributed by atoms with van der Waals surface area (Å²) in [6.45, 7) is 8.76. The van der Waals surface area contributed by atoms with Crippen molar-refractivity contribution in [3.63, 3.8) is 0 Å². The van der Waals surface area contributed by atoms with Gasteiger partial charge in [0.05, 0.1) is 12.8 Å². The van der Waals surface area contributed by atoms with Gasteiger partial charge in [-0.05, 0) is 69.7 Å². The first-order valence-electron chi connectivity index (χ1n) is 11.4. The Morgan fingerprint density at radius 2 is 2.00 bits per heavy atom. The lowest BCUT2D eigenvalue weighted by molar-refractivity contribution is 0.414. The summed E-state index contributed by atoms with van der Waals surface area (Å²) in [6.07, 6.45) is 8.28. The number of hydrogen-bond acceptors (Lipinski definition) is 4. The Kier molecular flexibility index (Phi) is 7.47. The molecule has 1 aliphatic carbocycles. The van der Waals surface area contributed by atoms with Crippen molar-refractivity contribution in [1.82, 2.24) is 14.6 Å². The van der Waals surface area contributed by atoms with Crippen LogP contribution in [0.4, 0.5) is 5.82 Å². The van der Waals surface area contributed by atoms with Gasteiger partial charge in [-0.2, -0.15) is 9.61 Å². The minimum atomic E-state index is 0. The van der Waals surface area contributed by atoms with Crippen LogP contribution in [0.15, 0.2) is 18.2 Å². The average Bonchev–Trinajstić information content (AvgIpc) is 3.32. The van der Waals surface area contributed by atoms with Crippen molar-refractivity contribution in [3.8, 4) is 16.9 Å². The van der Waals surface area contributed by atoms with Gasteiger partial charge in [-0.3, -0.25) is 0 Å². The fraction of sp³-hybridized carbons (Fsp3) is 0.520. The first-order valence-corrected chi connectivity index (χ1v) is 11.4. The highest BCUT2D eigenvalue weighted by atomic mass is 35.5. The van der Waals surface area contributed by atoms with Crippen LogP contribution in [0.3, 0.4) is 0 Å². The zero-order chi connectivity index (χ0) is 21.3. The number of nitrogens with zero attached hydrogens (tertiary/aromatic N) is 3. The molecule has 1 aromatic carbocycles. The van der Waals surface area contributed by atoms with Crippen LogP contribution < -0.4 is 10.1 Å². The minimum absolute atomic E-state index is 0. The Morgan fingerprint density at radius 3 is 2.71 bits per heavy atom. The van der Waals surface area contributed by atoms with E-state index < -0.39 is 0 Å². The van der Waals surface area contributed by atoms with Gasteiger partial charge in [0.25, 0.3) is 0 Å². The smallest absolute Gasteiger partial charge is 0.165 e. The van der Waals surface area contributed by atoms with E-state index in [1.807, 2.05) is 6.07 Å². The summed E-state index contributed by atoms with van der Waals surface area (Å²) in [6, 6.07) is 6.66. The van der Waals surface area contributed by atoms with Gasteiger partial charge in [-0.15, -0.1) is 12.4 Å².